The van der Waals surface area contributed by atoms with E-state index in [1.807, 2.05) is 10.7 Å². The minimum atomic E-state index is 0.553. The molecule has 0 bridgehead atoms. The topological polar surface area (TPSA) is 29.9 Å². The Balaban J connectivity index is 1.91. The molecule has 0 atom stereocenters. The number of nitrogens with zero attached hydrogens (tertiary/aromatic N) is 2. The van der Waals surface area contributed by atoms with Crippen molar-refractivity contribution >= 4 is 0 Å². The number of nitrogens with one attached hydrogen (secondary N) is 1. The molecule has 24 heavy (non-hydrogen) atoms. The fourth-order valence-corrected chi connectivity index (χ4v) is 2.75. The molecule has 0 unspecified atom stereocenters. The molecule has 0 saturated carbocycles. The summed E-state index contributed by atoms with van der Waals surface area (Å²) in [5.74, 6) is 2.61. The zero-order valence-corrected chi connectivity index (χ0v) is 13.9. The maximum Gasteiger partial charge on any atom is 0.0968 e. The summed E-state index contributed by atoms with van der Waals surface area (Å²) < 4.78 is 2.00. The summed E-state index contributed by atoms with van der Waals surface area (Å²) in [6.07, 6.45) is 7.44. The van der Waals surface area contributed by atoms with Gasteiger partial charge < -0.3 is 5.32 Å². The molecule has 0 amide bonds. The van der Waals surface area contributed by atoms with Gasteiger partial charge >= 0.3 is 0 Å². The Hall–Kier alpha value is -2.83. The maximum atomic E-state index is 5.34. The van der Waals surface area contributed by atoms with Crippen molar-refractivity contribution in [2.24, 2.45) is 0 Å². The molecule has 1 N–H and O–H groups in total. The van der Waals surface area contributed by atoms with E-state index in [-0.39, 0.29) is 0 Å². The van der Waals surface area contributed by atoms with E-state index in [9.17, 15) is 0 Å². The largest absolute Gasteiger partial charge is 0.302 e. The third-order valence-electron chi connectivity index (χ3n) is 3.86. The molecular weight excluding hydrogens is 294 g/mol. The first kappa shape index (κ1) is 16.0. The van der Waals surface area contributed by atoms with Crippen LogP contribution in [0.5, 0.6) is 0 Å². The van der Waals surface area contributed by atoms with E-state index < -0.39 is 0 Å². The summed E-state index contributed by atoms with van der Waals surface area (Å²) in [5, 5.41) is 8.08. The second-order valence-electron chi connectivity index (χ2n) is 5.86. The van der Waals surface area contributed by atoms with Crippen LogP contribution in [0.25, 0.3) is 11.3 Å². The van der Waals surface area contributed by atoms with Gasteiger partial charge in [-0.25, -0.2) is 0 Å². The molecule has 0 aliphatic carbocycles. The van der Waals surface area contributed by atoms with Crippen molar-refractivity contribution in [3.8, 4) is 23.6 Å². The number of benzene rings is 2. The van der Waals surface area contributed by atoms with Crippen LogP contribution in [0, 0.1) is 19.3 Å². The lowest BCUT2D eigenvalue weighted by molar-refractivity contribution is 0.686. The van der Waals surface area contributed by atoms with Gasteiger partial charge in [0.15, 0.2) is 0 Å². The predicted octanol–water partition coefficient (Wildman–Crippen LogP) is 3.63. The first-order valence-electron chi connectivity index (χ1n) is 8.08. The Kier molecular flexibility index (Phi) is 5.10. The molecule has 1 heterocycles. The van der Waals surface area contributed by atoms with Crippen LogP contribution in [0.3, 0.4) is 0 Å². The van der Waals surface area contributed by atoms with E-state index in [1.165, 1.54) is 11.1 Å². The molecule has 3 aromatic rings. The number of aromatic nitrogens is 2. The number of hydrogen-bond donors (Lipinski definition) is 1. The molecular formula is C21H21N3. The van der Waals surface area contributed by atoms with Crippen molar-refractivity contribution < 1.29 is 0 Å². The van der Waals surface area contributed by atoms with Gasteiger partial charge in [-0.3, -0.25) is 4.68 Å². The monoisotopic (exact) mass is 315 g/mol. The van der Waals surface area contributed by atoms with Gasteiger partial charge in [-0.05, 0) is 18.6 Å². The molecule has 1 aromatic heterocycles. The van der Waals surface area contributed by atoms with E-state index in [4.69, 9.17) is 11.5 Å². The van der Waals surface area contributed by atoms with Gasteiger partial charge in [0.25, 0.3) is 0 Å². The third-order valence-corrected chi connectivity index (χ3v) is 3.86. The Morgan fingerprint density at radius 3 is 2.71 bits per heavy atom. The van der Waals surface area contributed by atoms with Crippen LogP contribution < -0.4 is 5.32 Å². The molecule has 0 aliphatic rings. The normalized spacial score (nSPS) is 10.5. The lowest BCUT2D eigenvalue weighted by Gasteiger charge is -2.03. The summed E-state index contributed by atoms with van der Waals surface area (Å²) in [7, 11) is 0. The Bertz CT molecular complexity index is 841. The quantitative estimate of drug-likeness (QED) is 0.556. The van der Waals surface area contributed by atoms with Crippen LogP contribution in [0.2, 0.25) is 0 Å². The predicted molar refractivity (Wildman–Crippen MR) is 98.5 cm³/mol. The first-order chi connectivity index (χ1) is 11.8. The van der Waals surface area contributed by atoms with Crippen LogP contribution in [0.15, 0.2) is 60.8 Å². The van der Waals surface area contributed by atoms with Crippen molar-refractivity contribution in [1.29, 1.82) is 0 Å². The number of aryl methyl sites for hydroxylation is 1. The lowest BCUT2D eigenvalue weighted by Crippen LogP contribution is -2.13. The van der Waals surface area contributed by atoms with Crippen molar-refractivity contribution in [2.75, 3.05) is 6.54 Å². The molecule has 0 saturated heterocycles. The first-order valence-corrected chi connectivity index (χ1v) is 8.08. The average molecular weight is 315 g/mol. The molecule has 3 rings (SSSR count). The summed E-state index contributed by atoms with van der Waals surface area (Å²) in [4.78, 5) is 0. The molecule has 2 aromatic carbocycles. The van der Waals surface area contributed by atoms with Gasteiger partial charge in [-0.15, -0.1) is 6.42 Å². The molecule has 0 fully saturated rings. The van der Waals surface area contributed by atoms with Crippen molar-refractivity contribution in [2.45, 2.75) is 20.0 Å². The van der Waals surface area contributed by atoms with Crippen LogP contribution in [0.4, 0.5) is 0 Å². The van der Waals surface area contributed by atoms with E-state index in [0.29, 0.717) is 13.1 Å². The highest BCUT2D eigenvalue weighted by molar-refractivity contribution is 5.63. The SMILES string of the molecule is C#CCNCc1cn(Cc2ccccc2)nc1-c1cccc(C)c1. The van der Waals surface area contributed by atoms with Gasteiger partial charge in [-0.1, -0.05) is 60.0 Å². The number of terminal acetylenes is 1. The number of rotatable bonds is 6. The van der Waals surface area contributed by atoms with Gasteiger partial charge in [0.2, 0.25) is 0 Å². The highest BCUT2D eigenvalue weighted by atomic mass is 15.3. The molecule has 3 nitrogen and oxygen atoms in total. The minimum absolute atomic E-state index is 0.553. The second kappa shape index (κ2) is 7.63. The van der Waals surface area contributed by atoms with Crippen LogP contribution in [-0.4, -0.2) is 16.3 Å². The van der Waals surface area contributed by atoms with E-state index >= 15 is 0 Å². The highest BCUT2D eigenvalue weighted by Gasteiger charge is 2.11. The van der Waals surface area contributed by atoms with Gasteiger partial charge in [0, 0.05) is 23.9 Å². The molecule has 0 spiro atoms. The summed E-state index contributed by atoms with van der Waals surface area (Å²) >= 11 is 0. The van der Waals surface area contributed by atoms with Crippen LogP contribution >= 0.6 is 0 Å². The van der Waals surface area contributed by atoms with Crippen molar-refractivity contribution in [3.63, 3.8) is 0 Å². The summed E-state index contributed by atoms with van der Waals surface area (Å²) in [6.45, 7) is 4.12. The molecule has 0 aliphatic heterocycles. The zero-order chi connectivity index (χ0) is 16.8. The molecule has 3 heteroatoms. The smallest absolute Gasteiger partial charge is 0.0968 e. The molecule has 0 radical (unpaired) electrons. The minimum Gasteiger partial charge on any atom is -0.302 e. The fraction of sp³-hybridized carbons (Fsp3) is 0.190. The summed E-state index contributed by atoms with van der Waals surface area (Å²) in [5.41, 5.74) is 5.77. The lowest BCUT2D eigenvalue weighted by atomic mass is 10.1. The van der Waals surface area contributed by atoms with E-state index in [2.05, 4.69) is 72.9 Å². The van der Waals surface area contributed by atoms with Crippen LogP contribution in [-0.2, 0) is 13.1 Å². The second-order valence-corrected chi connectivity index (χ2v) is 5.86. The van der Waals surface area contributed by atoms with Gasteiger partial charge in [-0.2, -0.15) is 5.10 Å². The summed E-state index contributed by atoms with van der Waals surface area (Å²) in [6, 6.07) is 18.8. The Morgan fingerprint density at radius 1 is 1.12 bits per heavy atom. The van der Waals surface area contributed by atoms with E-state index in [0.717, 1.165) is 23.4 Å². The van der Waals surface area contributed by atoms with Crippen molar-refractivity contribution in [1.82, 2.24) is 15.1 Å². The van der Waals surface area contributed by atoms with Crippen molar-refractivity contribution in [3.05, 3.63) is 77.5 Å². The maximum absolute atomic E-state index is 5.34. The highest BCUT2D eigenvalue weighted by Crippen LogP contribution is 2.23. The van der Waals surface area contributed by atoms with Gasteiger partial charge in [0.05, 0.1) is 18.8 Å². The third kappa shape index (κ3) is 3.92. The van der Waals surface area contributed by atoms with Gasteiger partial charge in [0.1, 0.15) is 0 Å². The fourth-order valence-electron chi connectivity index (χ4n) is 2.75. The number of hydrogen-bond acceptors (Lipinski definition) is 2. The Morgan fingerprint density at radius 2 is 1.96 bits per heavy atom. The van der Waals surface area contributed by atoms with Crippen LogP contribution in [0.1, 0.15) is 16.7 Å². The Labute approximate surface area is 143 Å². The zero-order valence-electron chi connectivity index (χ0n) is 13.9. The average Bonchev–Trinajstić information content (AvgIpc) is 2.99. The molecule has 120 valence electrons. The standard InChI is InChI=1S/C21H21N3/c1-3-12-22-14-20-16-24(15-18-9-5-4-6-10-18)23-21(20)19-11-7-8-17(2)13-19/h1,4-11,13,16,22H,12,14-15H2,2H3. The van der Waals surface area contributed by atoms with E-state index in [1.54, 1.807) is 0 Å².